The number of hydrogen-bond donors (Lipinski definition) is 0. The van der Waals surface area contributed by atoms with Crippen LogP contribution in [0.4, 0.5) is 0 Å². The van der Waals surface area contributed by atoms with Gasteiger partial charge in [0.2, 0.25) is 0 Å². The van der Waals surface area contributed by atoms with Crippen LogP contribution in [0.15, 0.2) is 152 Å². The fourth-order valence-corrected chi connectivity index (χ4v) is 6.50. The summed E-state index contributed by atoms with van der Waals surface area (Å²) < 4.78 is 45.9. The average Bonchev–Trinajstić information content (AvgIpc) is 3.23. The molecule has 0 aromatic heterocycles. The van der Waals surface area contributed by atoms with Gasteiger partial charge >= 0.3 is 0 Å². The highest BCUT2D eigenvalue weighted by molar-refractivity contribution is 5.17. The molecule has 0 bridgehead atoms. The lowest BCUT2D eigenvalue weighted by Gasteiger charge is -2.46. The van der Waals surface area contributed by atoms with Crippen LogP contribution in [-0.2, 0) is 66.2 Å². The molecule has 0 amide bonds. The maximum atomic E-state index is 6.83. The van der Waals surface area contributed by atoms with E-state index in [0.29, 0.717) is 46.2 Å². The zero-order valence-electron chi connectivity index (χ0n) is 31.2. The molecule has 0 saturated carbocycles. The van der Waals surface area contributed by atoms with Crippen molar-refractivity contribution in [3.8, 4) is 0 Å². The Balaban J connectivity index is 1.15. The minimum Gasteiger partial charge on any atom is -0.377 e. The molecule has 0 radical (unpaired) electrons. The Kier molecular flexibility index (Phi) is 16.8. The summed E-state index contributed by atoms with van der Waals surface area (Å²) in [5.41, 5.74) is 5.48. The van der Waals surface area contributed by atoms with Gasteiger partial charge in [-0.2, -0.15) is 0 Å². The Hall–Kier alpha value is -4.18. The van der Waals surface area contributed by atoms with Crippen molar-refractivity contribution in [3.05, 3.63) is 179 Å². The van der Waals surface area contributed by atoms with E-state index in [1.165, 1.54) is 5.56 Å². The molecule has 1 saturated heterocycles. The van der Waals surface area contributed by atoms with E-state index in [2.05, 4.69) is 60.7 Å². The summed E-state index contributed by atoms with van der Waals surface area (Å²) in [6.45, 7) is 3.83. The molecule has 1 aliphatic rings. The first kappa shape index (κ1) is 39.5. The lowest BCUT2D eigenvalue weighted by molar-refractivity contribution is -0.328. The second-order valence-corrected chi connectivity index (χ2v) is 13.7. The van der Waals surface area contributed by atoms with Crippen molar-refractivity contribution in [1.29, 1.82) is 0 Å². The molecular weight excluding hydrogens is 677 g/mol. The first-order valence-electron chi connectivity index (χ1n) is 19.3. The van der Waals surface area contributed by atoms with Crippen molar-refractivity contribution in [1.82, 2.24) is 0 Å². The Labute approximate surface area is 321 Å². The van der Waals surface area contributed by atoms with Gasteiger partial charge < -0.3 is 33.2 Å². The summed E-state index contributed by atoms with van der Waals surface area (Å²) in [5.74, 6) is 0. The normalized spacial score (nSPS) is 19.8. The summed E-state index contributed by atoms with van der Waals surface area (Å²) in [6.07, 6.45) is 1.25. The van der Waals surface area contributed by atoms with Gasteiger partial charge in [-0.1, -0.05) is 165 Å². The molecule has 5 aromatic rings. The SMILES string of the molecule is c1ccc(COCCCCCCOC2O[C@H](COCc3ccccc3)[C@@H](OCc3ccccc3)[C@H](OCc3ccccc3)[C@H]2OCc2ccccc2)cc1. The molecular formula is C47H54O7. The third kappa shape index (κ3) is 13.3. The van der Waals surface area contributed by atoms with Gasteiger partial charge in [-0.15, -0.1) is 0 Å². The van der Waals surface area contributed by atoms with Gasteiger partial charge in [0, 0.05) is 13.2 Å². The van der Waals surface area contributed by atoms with Gasteiger partial charge in [-0.05, 0) is 40.7 Å². The van der Waals surface area contributed by atoms with Crippen molar-refractivity contribution in [2.75, 3.05) is 19.8 Å². The van der Waals surface area contributed by atoms with E-state index in [9.17, 15) is 0 Å². The Morgan fingerprint density at radius 1 is 0.352 bits per heavy atom. The molecule has 0 spiro atoms. The van der Waals surface area contributed by atoms with Gasteiger partial charge in [-0.25, -0.2) is 0 Å². The molecule has 0 aliphatic carbocycles. The molecule has 1 fully saturated rings. The quantitative estimate of drug-likeness (QED) is 0.0621. The number of unbranched alkanes of at least 4 members (excludes halogenated alkanes) is 3. The number of ether oxygens (including phenoxy) is 7. The van der Waals surface area contributed by atoms with Crippen molar-refractivity contribution in [3.63, 3.8) is 0 Å². The van der Waals surface area contributed by atoms with Crippen LogP contribution in [0.3, 0.4) is 0 Å². The van der Waals surface area contributed by atoms with E-state index < -0.39 is 30.7 Å². The molecule has 1 aliphatic heterocycles. The Morgan fingerprint density at radius 3 is 1.22 bits per heavy atom. The molecule has 284 valence electrons. The second kappa shape index (κ2) is 22.9. The van der Waals surface area contributed by atoms with E-state index >= 15 is 0 Å². The van der Waals surface area contributed by atoms with Crippen LogP contribution in [0.2, 0.25) is 0 Å². The van der Waals surface area contributed by atoms with E-state index in [-0.39, 0.29) is 0 Å². The van der Waals surface area contributed by atoms with E-state index in [0.717, 1.165) is 54.5 Å². The van der Waals surface area contributed by atoms with Crippen molar-refractivity contribution >= 4 is 0 Å². The maximum Gasteiger partial charge on any atom is 0.186 e. The predicted octanol–water partition coefficient (Wildman–Crippen LogP) is 9.48. The number of rotatable bonds is 23. The van der Waals surface area contributed by atoms with Crippen molar-refractivity contribution in [2.45, 2.75) is 89.4 Å². The Morgan fingerprint density at radius 2 is 0.741 bits per heavy atom. The number of hydrogen-bond acceptors (Lipinski definition) is 7. The largest absolute Gasteiger partial charge is 0.377 e. The molecule has 1 unspecified atom stereocenters. The lowest BCUT2D eigenvalue weighted by atomic mass is 9.97. The maximum absolute atomic E-state index is 6.83. The van der Waals surface area contributed by atoms with E-state index in [1.807, 2.05) is 91.0 Å². The highest BCUT2D eigenvalue weighted by atomic mass is 16.7. The van der Waals surface area contributed by atoms with E-state index in [4.69, 9.17) is 33.2 Å². The van der Waals surface area contributed by atoms with Crippen LogP contribution >= 0.6 is 0 Å². The highest BCUT2D eigenvalue weighted by Crippen LogP contribution is 2.32. The summed E-state index contributed by atoms with van der Waals surface area (Å²) >= 11 is 0. The zero-order valence-corrected chi connectivity index (χ0v) is 31.2. The fourth-order valence-electron chi connectivity index (χ4n) is 6.50. The van der Waals surface area contributed by atoms with E-state index in [1.54, 1.807) is 0 Å². The molecule has 5 aromatic carbocycles. The van der Waals surface area contributed by atoms with Crippen LogP contribution < -0.4 is 0 Å². The molecule has 7 heteroatoms. The third-order valence-electron chi connectivity index (χ3n) is 9.42. The van der Waals surface area contributed by atoms with Crippen molar-refractivity contribution in [2.24, 2.45) is 0 Å². The molecule has 54 heavy (non-hydrogen) atoms. The zero-order chi connectivity index (χ0) is 36.9. The average molecular weight is 731 g/mol. The monoisotopic (exact) mass is 730 g/mol. The van der Waals surface area contributed by atoms with Gasteiger partial charge in [0.25, 0.3) is 0 Å². The predicted molar refractivity (Wildman–Crippen MR) is 210 cm³/mol. The first-order chi connectivity index (χ1) is 26.8. The fraction of sp³-hybridized carbons (Fsp3) is 0.362. The van der Waals surface area contributed by atoms with Crippen LogP contribution in [0.25, 0.3) is 0 Å². The first-order valence-corrected chi connectivity index (χ1v) is 19.3. The van der Waals surface area contributed by atoms with Crippen LogP contribution in [0.1, 0.15) is 53.5 Å². The molecule has 1 heterocycles. The minimum absolute atomic E-state index is 0.299. The van der Waals surface area contributed by atoms with Gasteiger partial charge in [-0.3, -0.25) is 0 Å². The van der Waals surface area contributed by atoms with Gasteiger partial charge in [0.1, 0.15) is 24.4 Å². The highest BCUT2D eigenvalue weighted by Gasteiger charge is 2.49. The summed E-state index contributed by atoms with van der Waals surface area (Å²) in [7, 11) is 0. The van der Waals surface area contributed by atoms with Crippen LogP contribution in [0, 0.1) is 0 Å². The topological polar surface area (TPSA) is 64.6 Å². The molecule has 5 atom stereocenters. The van der Waals surface area contributed by atoms with Gasteiger partial charge in [0.15, 0.2) is 6.29 Å². The lowest BCUT2D eigenvalue weighted by Crippen LogP contribution is -2.61. The molecule has 7 nitrogen and oxygen atoms in total. The standard InChI is InChI=1S/C47H54O7/c1(18-30-48-32-38-20-8-3-9-21-38)2-19-31-50-47-46(53-36-42-28-16-7-17-29-42)45(52-35-41-26-14-6-15-27-41)44(51-34-40-24-12-5-13-25-40)43(54-47)37-49-33-39-22-10-4-11-23-39/h3-17,20-29,43-47H,1-2,18-19,30-37H2/t43-,44-,45+,46-,47?/m1/s1. The summed E-state index contributed by atoms with van der Waals surface area (Å²) in [4.78, 5) is 0. The van der Waals surface area contributed by atoms with Crippen molar-refractivity contribution < 1.29 is 33.2 Å². The summed E-state index contributed by atoms with van der Waals surface area (Å²) in [6, 6.07) is 51.0. The molecule has 6 rings (SSSR count). The summed E-state index contributed by atoms with van der Waals surface area (Å²) in [5, 5.41) is 0. The Bertz CT molecular complexity index is 1670. The second-order valence-electron chi connectivity index (χ2n) is 13.7. The smallest absolute Gasteiger partial charge is 0.186 e. The van der Waals surface area contributed by atoms with Crippen LogP contribution in [-0.4, -0.2) is 50.5 Å². The van der Waals surface area contributed by atoms with Gasteiger partial charge in [0.05, 0.1) is 39.6 Å². The number of benzene rings is 5. The third-order valence-corrected chi connectivity index (χ3v) is 9.42. The van der Waals surface area contributed by atoms with Crippen LogP contribution in [0.5, 0.6) is 0 Å². The molecule has 0 N–H and O–H groups in total. The minimum atomic E-state index is -0.689.